The van der Waals surface area contributed by atoms with Crippen molar-refractivity contribution in [2.75, 3.05) is 33.4 Å². The number of rotatable bonds is 6. The van der Waals surface area contributed by atoms with Gasteiger partial charge in [0.05, 0.1) is 23.2 Å². The molecule has 0 spiro atoms. The summed E-state index contributed by atoms with van der Waals surface area (Å²) in [5.41, 5.74) is 1.24. The Labute approximate surface area is 230 Å². The van der Waals surface area contributed by atoms with E-state index in [-0.39, 0.29) is 36.2 Å². The number of carbonyl (C=O) groups excluding carboxylic acids is 3. The maximum atomic E-state index is 13.5. The molecule has 2 aliphatic carbocycles. The van der Waals surface area contributed by atoms with E-state index in [1.54, 1.807) is 35.0 Å². The Bertz CT molecular complexity index is 1110. The Kier molecular flexibility index (Phi) is 8.25. The zero-order valence-electron chi connectivity index (χ0n) is 22.2. The van der Waals surface area contributed by atoms with Crippen LogP contribution >= 0.6 is 11.6 Å². The fraction of sp³-hybridized carbons (Fsp3) is 0.655. The van der Waals surface area contributed by atoms with Gasteiger partial charge in [-0.1, -0.05) is 24.1 Å². The predicted octanol–water partition coefficient (Wildman–Crippen LogP) is 3.38. The molecule has 0 aromatic heterocycles. The molecule has 0 bridgehead atoms. The van der Waals surface area contributed by atoms with Crippen molar-refractivity contribution in [2.24, 2.45) is 23.7 Å². The number of nitrogens with one attached hydrogen (secondary N) is 1. The second kappa shape index (κ2) is 11.6. The van der Waals surface area contributed by atoms with E-state index in [1.807, 2.05) is 6.07 Å². The molecule has 2 saturated carbocycles. The minimum Gasteiger partial charge on any atom is -0.342 e. The Morgan fingerprint density at radius 2 is 1.89 bits per heavy atom. The smallest absolute Gasteiger partial charge is 0.242 e. The number of nitrogens with zero attached hydrogens (tertiary/aromatic N) is 4. The lowest BCUT2D eigenvalue weighted by Crippen LogP contribution is -2.60. The number of carbonyl (C=O) groups is 3. The minimum absolute atomic E-state index is 0.0435. The molecule has 8 nitrogen and oxygen atoms in total. The maximum absolute atomic E-state index is 13.5. The quantitative estimate of drug-likeness (QED) is 0.598. The highest BCUT2D eigenvalue weighted by atomic mass is 35.5. The van der Waals surface area contributed by atoms with Crippen molar-refractivity contribution < 1.29 is 14.4 Å². The Morgan fingerprint density at radius 1 is 1.13 bits per heavy atom. The van der Waals surface area contributed by atoms with Crippen LogP contribution < -0.4 is 5.32 Å². The second-order valence-corrected chi connectivity index (χ2v) is 12.1. The molecule has 0 radical (unpaired) electrons. The van der Waals surface area contributed by atoms with Crippen molar-refractivity contribution in [3.63, 3.8) is 0 Å². The van der Waals surface area contributed by atoms with Crippen molar-refractivity contribution >= 4 is 29.3 Å². The van der Waals surface area contributed by atoms with Crippen LogP contribution in [0.1, 0.15) is 62.5 Å². The molecule has 3 amide bonds. The fourth-order valence-corrected chi connectivity index (χ4v) is 6.97. The van der Waals surface area contributed by atoms with E-state index in [0.29, 0.717) is 41.5 Å². The van der Waals surface area contributed by atoms with Gasteiger partial charge >= 0.3 is 0 Å². The lowest BCUT2D eigenvalue weighted by atomic mass is 9.69. The molecule has 9 heteroatoms. The number of benzene rings is 1. The Hall–Kier alpha value is -2.63. The lowest BCUT2D eigenvalue weighted by Gasteiger charge is -2.46. The van der Waals surface area contributed by atoms with Gasteiger partial charge in [0.25, 0.3) is 0 Å². The number of amides is 3. The van der Waals surface area contributed by atoms with E-state index in [0.717, 1.165) is 63.6 Å². The predicted molar refractivity (Wildman–Crippen MR) is 144 cm³/mol. The molecule has 4 fully saturated rings. The van der Waals surface area contributed by atoms with E-state index in [9.17, 15) is 14.4 Å². The van der Waals surface area contributed by atoms with Gasteiger partial charge in [0.2, 0.25) is 17.7 Å². The summed E-state index contributed by atoms with van der Waals surface area (Å²) in [7, 11) is 1.72. The molecule has 2 saturated heterocycles. The number of piperidine rings is 1. The van der Waals surface area contributed by atoms with Gasteiger partial charge in [-0.2, -0.15) is 5.26 Å². The first kappa shape index (κ1) is 27.0. The van der Waals surface area contributed by atoms with Crippen LogP contribution in [0, 0.1) is 35.0 Å². The summed E-state index contributed by atoms with van der Waals surface area (Å²) in [6.07, 6.45) is 8.34. The Balaban J connectivity index is 1.12. The zero-order valence-corrected chi connectivity index (χ0v) is 23.0. The topological polar surface area (TPSA) is 96.8 Å². The van der Waals surface area contributed by atoms with Gasteiger partial charge in [-0.25, -0.2) is 0 Å². The van der Waals surface area contributed by atoms with E-state index in [2.05, 4.69) is 10.2 Å². The minimum atomic E-state index is -0.130. The number of halogens is 1. The van der Waals surface area contributed by atoms with Crippen LogP contribution in [0.2, 0.25) is 5.02 Å². The zero-order chi connectivity index (χ0) is 26.8. The number of fused-ring (bicyclic) bond motifs is 1. The summed E-state index contributed by atoms with van der Waals surface area (Å²) in [6, 6.07) is 7.38. The van der Waals surface area contributed by atoms with Gasteiger partial charge in [-0.3, -0.25) is 19.7 Å². The number of hydrogen-bond donors (Lipinski definition) is 1. The fourth-order valence-electron chi connectivity index (χ4n) is 6.72. The van der Waals surface area contributed by atoms with E-state index < -0.39 is 0 Å². The molecule has 204 valence electrons. The number of nitriles is 1. The molecule has 5 rings (SSSR count). The van der Waals surface area contributed by atoms with Gasteiger partial charge in [0.15, 0.2) is 0 Å². The van der Waals surface area contributed by atoms with Gasteiger partial charge in [-0.15, -0.1) is 0 Å². The third kappa shape index (κ3) is 5.69. The standard InChI is InChI=1S/C29H38ClN5O3/c1-33(16-19-5-6-23(15-31)25(30)13-19)27(36)17-35-18-32-26-8-7-22(14-24(26)29(35)38)20-9-11-34(12-10-20)28(37)21-3-2-4-21/h5-6,13,20-22,24,26,32H,2-4,7-12,14,16-18H2,1H3. The first-order valence-electron chi connectivity index (χ1n) is 14.1. The average molecular weight is 540 g/mol. The normalized spacial score (nSPS) is 26.3. The largest absolute Gasteiger partial charge is 0.342 e. The van der Waals surface area contributed by atoms with Crippen molar-refractivity contribution in [2.45, 2.75) is 64.0 Å². The molecule has 1 aromatic carbocycles. The molecule has 4 aliphatic rings. The highest BCUT2D eigenvalue weighted by Crippen LogP contribution is 2.40. The van der Waals surface area contributed by atoms with Gasteiger partial charge < -0.3 is 14.7 Å². The van der Waals surface area contributed by atoms with E-state index in [4.69, 9.17) is 16.9 Å². The van der Waals surface area contributed by atoms with Crippen LogP contribution in [0.5, 0.6) is 0 Å². The maximum Gasteiger partial charge on any atom is 0.242 e. The van der Waals surface area contributed by atoms with Crippen LogP contribution in [0.3, 0.4) is 0 Å². The Morgan fingerprint density at radius 3 is 2.55 bits per heavy atom. The second-order valence-electron chi connectivity index (χ2n) is 11.7. The first-order chi connectivity index (χ1) is 18.3. The summed E-state index contributed by atoms with van der Waals surface area (Å²) in [6.45, 7) is 2.51. The highest BCUT2D eigenvalue weighted by Gasteiger charge is 2.43. The summed E-state index contributed by atoms with van der Waals surface area (Å²) in [5.74, 6) is 1.56. The number of likely N-dealkylation sites (tertiary alicyclic amines) is 1. The van der Waals surface area contributed by atoms with Crippen LogP contribution in [0.4, 0.5) is 0 Å². The van der Waals surface area contributed by atoms with Gasteiger partial charge in [-0.05, 0) is 74.5 Å². The third-order valence-corrected chi connectivity index (χ3v) is 9.67. The summed E-state index contributed by atoms with van der Waals surface area (Å²) in [4.78, 5) is 44.4. The molecule has 38 heavy (non-hydrogen) atoms. The summed E-state index contributed by atoms with van der Waals surface area (Å²) < 4.78 is 0. The summed E-state index contributed by atoms with van der Waals surface area (Å²) in [5, 5.41) is 13.0. The molecule has 1 aromatic rings. The number of likely N-dealkylation sites (N-methyl/N-ethyl adjacent to an activating group) is 1. The van der Waals surface area contributed by atoms with E-state index >= 15 is 0 Å². The van der Waals surface area contributed by atoms with Crippen molar-refractivity contribution in [1.82, 2.24) is 20.0 Å². The van der Waals surface area contributed by atoms with Crippen LogP contribution in [0.25, 0.3) is 0 Å². The molecule has 3 atom stereocenters. The molecule has 2 aliphatic heterocycles. The molecular formula is C29H38ClN5O3. The number of hydrogen-bond acceptors (Lipinski definition) is 5. The van der Waals surface area contributed by atoms with Crippen LogP contribution in [0.15, 0.2) is 18.2 Å². The first-order valence-corrected chi connectivity index (χ1v) is 14.4. The van der Waals surface area contributed by atoms with Crippen molar-refractivity contribution in [3.05, 3.63) is 34.3 Å². The lowest BCUT2D eigenvalue weighted by molar-refractivity contribution is -0.148. The molecular weight excluding hydrogens is 502 g/mol. The van der Waals surface area contributed by atoms with Crippen molar-refractivity contribution in [3.8, 4) is 6.07 Å². The monoisotopic (exact) mass is 539 g/mol. The highest BCUT2D eigenvalue weighted by molar-refractivity contribution is 6.31. The van der Waals surface area contributed by atoms with Crippen LogP contribution in [-0.4, -0.2) is 71.8 Å². The molecule has 2 heterocycles. The van der Waals surface area contributed by atoms with E-state index in [1.165, 1.54) is 6.42 Å². The molecule has 3 unspecified atom stereocenters. The SMILES string of the molecule is CN(Cc1ccc(C#N)c(Cl)c1)C(=O)CN1CNC2CCC(C3CCN(C(=O)C4CCC4)CC3)CC2C1=O. The summed E-state index contributed by atoms with van der Waals surface area (Å²) >= 11 is 6.14. The van der Waals surface area contributed by atoms with Gasteiger partial charge in [0.1, 0.15) is 12.6 Å². The molecule has 1 N–H and O–H groups in total. The average Bonchev–Trinajstić information content (AvgIpc) is 2.89. The van der Waals surface area contributed by atoms with Crippen molar-refractivity contribution in [1.29, 1.82) is 5.26 Å². The third-order valence-electron chi connectivity index (χ3n) is 9.36. The van der Waals surface area contributed by atoms with Gasteiger partial charge in [0, 0.05) is 38.6 Å². The van der Waals surface area contributed by atoms with Crippen LogP contribution in [-0.2, 0) is 20.9 Å².